The van der Waals surface area contributed by atoms with Gasteiger partial charge in [0.2, 0.25) is 0 Å². The number of nitrogens with zero attached hydrogens (tertiary/aromatic N) is 1. The number of ether oxygens (including phenoxy) is 2. The maximum atomic E-state index is 13.2. The van der Waals surface area contributed by atoms with Crippen LogP contribution in [0.2, 0.25) is 0 Å². The molecule has 2 aromatic carbocycles. The number of benzene rings is 2. The Hall–Kier alpha value is -3.87. The fraction of sp³-hybridized carbons (Fsp3) is 0.136. The number of carbonyl (C=O) groups excluding carboxylic acids is 3. The highest BCUT2D eigenvalue weighted by Crippen LogP contribution is 2.36. The van der Waals surface area contributed by atoms with Crippen molar-refractivity contribution in [2.75, 3.05) is 19.1 Å². The molecule has 29 heavy (non-hydrogen) atoms. The second kappa shape index (κ2) is 8.02. The summed E-state index contributed by atoms with van der Waals surface area (Å²) in [7, 11) is 2.77. The van der Waals surface area contributed by atoms with Gasteiger partial charge >= 0.3 is 5.97 Å². The quantitative estimate of drug-likeness (QED) is 0.570. The number of amides is 1. The number of esters is 1. The van der Waals surface area contributed by atoms with Gasteiger partial charge in [-0.1, -0.05) is 30.3 Å². The summed E-state index contributed by atoms with van der Waals surface area (Å²) in [6.45, 7) is 1.66. The number of rotatable bonds is 5. The van der Waals surface area contributed by atoms with Crippen molar-refractivity contribution < 1.29 is 29.0 Å². The van der Waals surface area contributed by atoms with Crippen LogP contribution in [0.25, 0.3) is 6.08 Å². The summed E-state index contributed by atoms with van der Waals surface area (Å²) in [6, 6.07) is 12.7. The van der Waals surface area contributed by atoms with Crippen molar-refractivity contribution in [1.29, 1.82) is 0 Å². The smallest absolute Gasteiger partial charge is 0.340 e. The molecular formula is C22H18NO6-. The summed E-state index contributed by atoms with van der Waals surface area (Å²) in [5, 5.41) is 10.9. The Balaban J connectivity index is 2.09. The highest BCUT2D eigenvalue weighted by atomic mass is 16.5. The molecule has 0 spiro atoms. The standard InChI is InChI=1S/C22H19NO6/c1-13-19(22(27)29-3)18(11-14-7-9-15(10-8-14)21(25)26)20(24)23(13)16-5-4-6-17(12-16)28-2/h4-12H,1-3H3,(H,25,26)/p-1/b18-11-. The van der Waals surface area contributed by atoms with E-state index >= 15 is 0 Å². The molecule has 1 heterocycles. The highest BCUT2D eigenvalue weighted by Gasteiger charge is 2.38. The predicted molar refractivity (Wildman–Crippen MR) is 104 cm³/mol. The van der Waals surface area contributed by atoms with Gasteiger partial charge in [0.25, 0.3) is 5.91 Å². The minimum Gasteiger partial charge on any atom is -0.545 e. The average Bonchev–Trinajstić information content (AvgIpc) is 2.97. The SMILES string of the molecule is COC(=O)C1=C(C)N(c2cccc(OC)c2)C(=O)/C1=C\c1ccc(C(=O)[O-])cc1. The number of aromatic carboxylic acids is 1. The van der Waals surface area contributed by atoms with E-state index in [9.17, 15) is 19.5 Å². The van der Waals surface area contributed by atoms with Crippen molar-refractivity contribution in [1.82, 2.24) is 0 Å². The molecule has 0 unspecified atom stereocenters. The molecule has 0 radical (unpaired) electrons. The van der Waals surface area contributed by atoms with Gasteiger partial charge in [0.05, 0.1) is 37.0 Å². The summed E-state index contributed by atoms with van der Waals surface area (Å²) < 4.78 is 10.1. The van der Waals surface area contributed by atoms with Crippen LogP contribution >= 0.6 is 0 Å². The molecule has 0 fully saturated rings. The lowest BCUT2D eigenvalue weighted by Crippen LogP contribution is -2.24. The van der Waals surface area contributed by atoms with Gasteiger partial charge in [0, 0.05) is 11.8 Å². The van der Waals surface area contributed by atoms with Gasteiger partial charge in [-0.25, -0.2) is 4.79 Å². The Morgan fingerprint density at radius 2 is 1.76 bits per heavy atom. The van der Waals surface area contributed by atoms with E-state index in [0.717, 1.165) is 0 Å². The molecule has 0 saturated carbocycles. The van der Waals surface area contributed by atoms with E-state index in [1.54, 1.807) is 31.2 Å². The Kier molecular flexibility index (Phi) is 5.50. The molecule has 1 amide bonds. The second-order valence-electron chi connectivity index (χ2n) is 6.26. The van der Waals surface area contributed by atoms with Crippen molar-refractivity contribution in [2.45, 2.75) is 6.92 Å². The van der Waals surface area contributed by atoms with Crippen LogP contribution in [0.15, 0.2) is 65.4 Å². The van der Waals surface area contributed by atoms with Crippen LogP contribution in [0.3, 0.4) is 0 Å². The number of methoxy groups -OCH3 is 2. The third-order valence-corrected chi connectivity index (χ3v) is 4.56. The van der Waals surface area contributed by atoms with Crippen LogP contribution in [0.4, 0.5) is 5.69 Å². The van der Waals surface area contributed by atoms with E-state index < -0.39 is 17.8 Å². The lowest BCUT2D eigenvalue weighted by Gasteiger charge is -2.18. The highest BCUT2D eigenvalue weighted by molar-refractivity contribution is 6.23. The zero-order chi connectivity index (χ0) is 21.1. The zero-order valence-electron chi connectivity index (χ0n) is 16.1. The molecule has 0 N–H and O–H groups in total. The van der Waals surface area contributed by atoms with E-state index in [2.05, 4.69) is 0 Å². The van der Waals surface area contributed by atoms with Crippen molar-refractivity contribution >= 4 is 29.6 Å². The lowest BCUT2D eigenvalue weighted by molar-refractivity contribution is -0.255. The second-order valence-corrected chi connectivity index (χ2v) is 6.26. The first-order valence-electron chi connectivity index (χ1n) is 8.68. The first-order chi connectivity index (χ1) is 13.9. The lowest BCUT2D eigenvalue weighted by atomic mass is 10.0. The molecule has 0 bridgehead atoms. The minimum atomic E-state index is -1.30. The number of hydrogen-bond donors (Lipinski definition) is 0. The maximum absolute atomic E-state index is 13.2. The molecule has 1 aliphatic rings. The van der Waals surface area contributed by atoms with E-state index in [1.807, 2.05) is 0 Å². The molecule has 2 aromatic rings. The zero-order valence-corrected chi connectivity index (χ0v) is 16.1. The van der Waals surface area contributed by atoms with Crippen molar-refractivity contribution in [3.63, 3.8) is 0 Å². The Labute approximate surface area is 167 Å². The van der Waals surface area contributed by atoms with Crippen molar-refractivity contribution in [3.05, 3.63) is 76.5 Å². The largest absolute Gasteiger partial charge is 0.545 e. The summed E-state index contributed by atoms with van der Waals surface area (Å²) in [4.78, 5) is 37.9. The number of carboxylic acid groups (broad SMARTS) is 1. The normalized spacial score (nSPS) is 15.1. The molecule has 148 valence electrons. The van der Waals surface area contributed by atoms with Crippen LogP contribution in [0.1, 0.15) is 22.8 Å². The van der Waals surface area contributed by atoms with Crippen LogP contribution < -0.4 is 14.7 Å². The molecule has 7 heteroatoms. The third-order valence-electron chi connectivity index (χ3n) is 4.56. The Morgan fingerprint density at radius 1 is 1.07 bits per heavy atom. The number of allylic oxidation sites excluding steroid dienone is 1. The van der Waals surface area contributed by atoms with Gasteiger partial charge in [-0.05, 0) is 36.3 Å². The van der Waals surface area contributed by atoms with Crippen LogP contribution in [-0.4, -0.2) is 32.1 Å². The molecule has 0 atom stereocenters. The van der Waals surface area contributed by atoms with Gasteiger partial charge < -0.3 is 19.4 Å². The van der Waals surface area contributed by atoms with Gasteiger partial charge in [0.1, 0.15) is 5.75 Å². The molecule has 0 aromatic heterocycles. The summed E-state index contributed by atoms with van der Waals surface area (Å²) in [5.74, 6) is -1.77. The van der Waals surface area contributed by atoms with Crippen LogP contribution in [0, 0.1) is 0 Å². The number of anilines is 1. The van der Waals surface area contributed by atoms with Gasteiger partial charge in [0.15, 0.2) is 0 Å². The van der Waals surface area contributed by atoms with Crippen LogP contribution in [-0.2, 0) is 14.3 Å². The molecule has 3 rings (SSSR count). The average molecular weight is 392 g/mol. The molecule has 1 aliphatic heterocycles. The summed E-state index contributed by atoms with van der Waals surface area (Å²) in [6.07, 6.45) is 1.53. The molecular weight excluding hydrogens is 374 g/mol. The van der Waals surface area contributed by atoms with E-state index in [1.165, 1.54) is 49.5 Å². The third kappa shape index (κ3) is 3.75. The molecule has 0 saturated heterocycles. The molecule has 7 nitrogen and oxygen atoms in total. The van der Waals surface area contributed by atoms with Gasteiger partial charge in [-0.15, -0.1) is 0 Å². The van der Waals surface area contributed by atoms with E-state index in [0.29, 0.717) is 22.7 Å². The minimum absolute atomic E-state index is 0.0165. The number of hydrogen-bond acceptors (Lipinski definition) is 6. The number of carboxylic acids is 1. The van der Waals surface area contributed by atoms with E-state index in [-0.39, 0.29) is 16.7 Å². The van der Waals surface area contributed by atoms with Gasteiger partial charge in [-0.2, -0.15) is 0 Å². The first kappa shape index (κ1) is 19.9. The first-order valence-corrected chi connectivity index (χ1v) is 8.68. The van der Waals surface area contributed by atoms with Crippen molar-refractivity contribution in [2.24, 2.45) is 0 Å². The number of carbonyl (C=O) groups is 3. The van der Waals surface area contributed by atoms with Crippen LogP contribution in [0.5, 0.6) is 5.75 Å². The summed E-state index contributed by atoms with van der Waals surface area (Å²) >= 11 is 0. The molecule has 0 aliphatic carbocycles. The Bertz CT molecular complexity index is 1050. The van der Waals surface area contributed by atoms with E-state index in [4.69, 9.17) is 9.47 Å². The topological polar surface area (TPSA) is 96.0 Å². The predicted octanol–water partition coefficient (Wildman–Crippen LogP) is 1.94. The maximum Gasteiger partial charge on any atom is 0.340 e. The fourth-order valence-electron chi connectivity index (χ4n) is 3.12. The van der Waals surface area contributed by atoms with Crippen molar-refractivity contribution in [3.8, 4) is 5.75 Å². The van der Waals surface area contributed by atoms with Gasteiger partial charge in [-0.3, -0.25) is 9.69 Å². The summed E-state index contributed by atoms with van der Waals surface area (Å²) in [5.41, 5.74) is 1.84. The Morgan fingerprint density at radius 3 is 2.34 bits per heavy atom. The monoisotopic (exact) mass is 392 g/mol. The fourth-order valence-corrected chi connectivity index (χ4v) is 3.12.